The molecule has 1 aliphatic heterocycles. The Kier molecular flexibility index (Phi) is 3.90. The average molecular weight is 302 g/mol. The highest BCUT2D eigenvalue weighted by atomic mass is 16.1. The highest BCUT2D eigenvalue weighted by Crippen LogP contribution is 2.28. The molecule has 1 amide bonds. The van der Waals surface area contributed by atoms with E-state index < -0.39 is 0 Å². The lowest BCUT2D eigenvalue weighted by Crippen LogP contribution is -2.38. The SMILES string of the molecule is O=C(NCc1cn2c(n1)CN(CC1CCC1)CC2)C1CCC1. The van der Waals surface area contributed by atoms with Crippen molar-refractivity contribution in [3.63, 3.8) is 0 Å². The highest BCUT2D eigenvalue weighted by molar-refractivity contribution is 5.79. The Morgan fingerprint density at radius 2 is 2.05 bits per heavy atom. The van der Waals surface area contributed by atoms with Gasteiger partial charge in [0.1, 0.15) is 5.82 Å². The van der Waals surface area contributed by atoms with Crippen molar-refractivity contribution in [1.29, 1.82) is 0 Å². The van der Waals surface area contributed by atoms with Gasteiger partial charge in [-0.05, 0) is 31.6 Å². The molecular formula is C17H26N4O. The Balaban J connectivity index is 1.31. The smallest absolute Gasteiger partial charge is 0.223 e. The zero-order valence-electron chi connectivity index (χ0n) is 13.3. The lowest BCUT2D eigenvalue weighted by molar-refractivity contribution is -0.127. The summed E-state index contributed by atoms with van der Waals surface area (Å²) in [5.74, 6) is 2.56. The first-order valence-electron chi connectivity index (χ1n) is 8.83. The van der Waals surface area contributed by atoms with Gasteiger partial charge < -0.3 is 9.88 Å². The van der Waals surface area contributed by atoms with E-state index in [0.29, 0.717) is 6.54 Å². The van der Waals surface area contributed by atoms with Gasteiger partial charge in [0.15, 0.2) is 0 Å². The van der Waals surface area contributed by atoms with E-state index in [1.165, 1.54) is 38.1 Å². The van der Waals surface area contributed by atoms with Gasteiger partial charge in [-0.15, -0.1) is 0 Å². The van der Waals surface area contributed by atoms with E-state index in [2.05, 4.69) is 21.0 Å². The molecule has 5 heteroatoms. The molecule has 0 unspecified atom stereocenters. The number of amides is 1. The standard InChI is InChI=1S/C17H26N4O/c22-17(14-5-2-6-14)18-9-15-11-21-8-7-20(12-16(21)19-15)10-13-3-1-4-13/h11,13-14H,1-10,12H2,(H,18,22). The minimum Gasteiger partial charge on any atom is -0.350 e. The number of rotatable bonds is 5. The average Bonchev–Trinajstić information content (AvgIpc) is 2.80. The summed E-state index contributed by atoms with van der Waals surface area (Å²) in [6.45, 7) is 4.95. The van der Waals surface area contributed by atoms with Crippen LogP contribution in [0.3, 0.4) is 0 Å². The van der Waals surface area contributed by atoms with Crippen LogP contribution in [0.5, 0.6) is 0 Å². The third kappa shape index (κ3) is 2.91. The van der Waals surface area contributed by atoms with Crippen LogP contribution in [0.2, 0.25) is 0 Å². The van der Waals surface area contributed by atoms with Crippen LogP contribution in [-0.2, 0) is 24.4 Å². The summed E-state index contributed by atoms with van der Waals surface area (Å²) >= 11 is 0. The first-order valence-corrected chi connectivity index (χ1v) is 8.83. The topological polar surface area (TPSA) is 50.2 Å². The van der Waals surface area contributed by atoms with Crippen molar-refractivity contribution in [2.24, 2.45) is 11.8 Å². The molecule has 1 aromatic rings. The minimum atomic E-state index is 0.212. The largest absolute Gasteiger partial charge is 0.350 e. The van der Waals surface area contributed by atoms with E-state index in [-0.39, 0.29) is 11.8 Å². The van der Waals surface area contributed by atoms with Gasteiger partial charge in [-0.2, -0.15) is 0 Å². The first-order chi connectivity index (χ1) is 10.8. The van der Waals surface area contributed by atoms with Crippen molar-refractivity contribution >= 4 is 5.91 Å². The van der Waals surface area contributed by atoms with Gasteiger partial charge >= 0.3 is 0 Å². The highest BCUT2D eigenvalue weighted by Gasteiger charge is 2.26. The van der Waals surface area contributed by atoms with Gasteiger partial charge in [0, 0.05) is 31.7 Å². The lowest BCUT2D eigenvalue weighted by atomic mass is 9.85. The molecule has 120 valence electrons. The molecule has 2 heterocycles. The molecule has 3 aliphatic rings. The van der Waals surface area contributed by atoms with E-state index >= 15 is 0 Å². The maximum absolute atomic E-state index is 11.9. The van der Waals surface area contributed by atoms with Crippen LogP contribution in [0, 0.1) is 11.8 Å². The predicted molar refractivity (Wildman–Crippen MR) is 84.0 cm³/mol. The Labute approximate surface area is 132 Å². The summed E-state index contributed by atoms with van der Waals surface area (Å²) in [5.41, 5.74) is 1.01. The van der Waals surface area contributed by atoms with Crippen molar-refractivity contribution in [1.82, 2.24) is 19.8 Å². The van der Waals surface area contributed by atoms with Crippen LogP contribution in [0.25, 0.3) is 0 Å². The van der Waals surface area contributed by atoms with Crippen LogP contribution >= 0.6 is 0 Å². The zero-order chi connectivity index (χ0) is 14.9. The fraction of sp³-hybridized carbons (Fsp3) is 0.765. The van der Waals surface area contributed by atoms with Gasteiger partial charge in [0.2, 0.25) is 5.91 Å². The number of carbonyl (C=O) groups is 1. The van der Waals surface area contributed by atoms with E-state index in [1.807, 2.05) is 0 Å². The van der Waals surface area contributed by atoms with Crippen LogP contribution in [0.15, 0.2) is 6.20 Å². The van der Waals surface area contributed by atoms with E-state index in [4.69, 9.17) is 4.98 Å². The molecule has 0 radical (unpaired) electrons. The lowest BCUT2D eigenvalue weighted by Gasteiger charge is -2.34. The number of imidazole rings is 1. The molecule has 4 rings (SSSR count). The maximum Gasteiger partial charge on any atom is 0.223 e. The molecule has 2 fully saturated rings. The number of hydrogen-bond donors (Lipinski definition) is 1. The number of carbonyl (C=O) groups excluding carboxylic acids is 1. The second kappa shape index (κ2) is 6.03. The maximum atomic E-state index is 11.9. The van der Waals surface area contributed by atoms with Crippen LogP contribution in [0.1, 0.15) is 50.0 Å². The minimum absolute atomic E-state index is 0.212. The van der Waals surface area contributed by atoms with E-state index in [9.17, 15) is 4.79 Å². The second-order valence-corrected chi connectivity index (χ2v) is 7.22. The Bertz CT molecular complexity index is 545. The van der Waals surface area contributed by atoms with Crippen LogP contribution < -0.4 is 5.32 Å². The third-order valence-corrected chi connectivity index (χ3v) is 5.59. The molecule has 5 nitrogen and oxygen atoms in total. The van der Waals surface area contributed by atoms with Gasteiger partial charge in [0.05, 0.1) is 18.8 Å². The fourth-order valence-corrected chi connectivity index (χ4v) is 3.64. The number of hydrogen-bond acceptors (Lipinski definition) is 3. The summed E-state index contributed by atoms with van der Waals surface area (Å²) in [7, 11) is 0. The van der Waals surface area contributed by atoms with Crippen molar-refractivity contribution < 1.29 is 4.79 Å². The molecule has 22 heavy (non-hydrogen) atoms. The Morgan fingerprint density at radius 3 is 2.73 bits per heavy atom. The van der Waals surface area contributed by atoms with E-state index in [1.54, 1.807) is 0 Å². The molecule has 0 atom stereocenters. The number of fused-ring (bicyclic) bond motifs is 1. The molecular weight excluding hydrogens is 276 g/mol. The normalized spacial score (nSPS) is 22.7. The number of nitrogens with one attached hydrogen (secondary N) is 1. The summed E-state index contributed by atoms with van der Waals surface area (Å²) in [5, 5.41) is 3.04. The quantitative estimate of drug-likeness (QED) is 0.904. The molecule has 2 saturated carbocycles. The summed E-state index contributed by atoms with van der Waals surface area (Å²) < 4.78 is 2.27. The zero-order valence-corrected chi connectivity index (χ0v) is 13.3. The summed E-state index contributed by atoms with van der Waals surface area (Å²) in [6.07, 6.45) is 9.67. The van der Waals surface area contributed by atoms with Crippen molar-refractivity contribution in [2.75, 3.05) is 13.1 Å². The second-order valence-electron chi connectivity index (χ2n) is 7.22. The van der Waals surface area contributed by atoms with Crippen molar-refractivity contribution in [2.45, 2.75) is 58.2 Å². The monoisotopic (exact) mass is 302 g/mol. The van der Waals surface area contributed by atoms with Crippen LogP contribution in [-0.4, -0.2) is 33.4 Å². The van der Waals surface area contributed by atoms with Gasteiger partial charge in [-0.3, -0.25) is 9.69 Å². The van der Waals surface area contributed by atoms with E-state index in [0.717, 1.165) is 44.1 Å². The molecule has 0 spiro atoms. The summed E-state index contributed by atoms with van der Waals surface area (Å²) in [6, 6.07) is 0. The molecule has 1 N–H and O–H groups in total. The Hall–Kier alpha value is -1.36. The summed E-state index contributed by atoms with van der Waals surface area (Å²) in [4.78, 5) is 19.2. The predicted octanol–water partition coefficient (Wildman–Crippen LogP) is 1.92. The molecule has 0 bridgehead atoms. The van der Waals surface area contributed by atoms with Gasteiger partial charge in [-0.25, -0.2) is 4.98 Å². The third-order valence-electron chi connectivity index (χ3n) is 5.59. The first kappa shape index (κ1) is 14.2. The van der Waals surface area contributed by atoms with Crippen molar-refractivity contribution in [3.05, 3.63) is 17.7 Å². The van der Waals surface area contributed by atoms with Crippen LogP contribution in [0.4, 0.5) is 0 Å². The van der Waals surface area contributed by atoms with Crippen molar-refractivity contribution in [3.8, 4) is 0 Å². The number of aromatic nitrogens is 2. The molecule has 0 saturated heterocycles. The molecule has 2 aliphatic carbocycles. The number of nitrogens with zero attached hydrogens (tertiary/aromatic N) is 3. The molecule has 0 aromatic carbocycles. The fourth-order valence-electron chi connectivity index (χ4n) is 3.64. The van der Waals surface area contributed by atoms with Gasteiger partial charge in [0.25, 0.3) is 0 Å². The molecule has 1 aromatic heterocycles. The van der Waals surface area contributed by atoms with Gasteiger partial charge in [-0.1, -0.05) is 12.8 Å². The Morgan fingerprint density at radius 1 is 1.23 bits per heavy atom.